The summed E-state index contributed by atoms with van der Waals surface area (Å²) < 4.78 is 0. The molecule has 2 unspecified atom stereocenters. The minimum atomic E-state index is 0.541. The molecule has 0 amide bonds. The Morgan fingerprint density at radius 2 is 1.86 bits per heavy atom. The highest BCUT2D eigenvalue weighted by atomic mass is 32.2. The normalized spacial score (nSPS) is 15.1. The molecular weight excluding hydrogens is 190 g/mol. The van der Waals surface area contributed by atoms with Crippen molar-refractivity contribution < 1.29 is 0 Å². The third-order valence-corrected chi connectivity index (χ3v) is 4.06. The third-order valence-electron chi connectivity index (χ3n) is 2.57. The molecule has 1 rings (SSSR count). The zero-order chi connectivity index (χ0) is 10.6. The number of rotatable bonds is 4. The zero-order valence-corrected chi connectivity index (χ0v) is 10.2. The van der Waals surface area contributed by atoms with E-state index in [-0.39, 0.29) is 0 Å². The Kier molecular flexibility index (Phi) is 4.49. The first kappa shape index (κ1) is 11.6. The van der Waals surface area contributed by atoms with Crippen molar-refractivity contribution >= 4 is 11.8 Å². The van der Waals surface area contributed by atoms with Crippen LogP contribution in [0.25, 0.3) is 0 Å². The smallest absolute Gasteiger partial charge is 0.0217 e. The van der Waals surface area contributed by atoms with E-state index >= 15 is 0 Å². The van der Waals surface area contributed by atoms with Crippen molar-refractivity contribution in [1.29, 1.82) is 0 Å². The Bertz CT molecular complexity index is 285. The van der Waals surface area contributed by atoms with Crippen LogP contribution >= 0.6 is 11.8 Å². The summed E-state index contributed by atoms with van der Waals surface area (Å²) in [5, 5.41) is 3.88. The summed E-state index contributed by atoms with van der Waals surface area (Å²) in [6, 6.07) is 9.09. The summed E-state index contributed by atoms with van der Waals surface area (Å²) in [5.41, 5.74) is 1.37. The van der Waals surface area contributed by atoms with E-state index in [2.05, 4.69) is 50.4 Å². The lowest BCUT2D eigenvalue weighted by atomic mass is 10.2. The zero-order valence-electron chi connectivity index (χ0n) is 9.37. The van der Waals surface area contributed by atoms with Crippen LogP contribution in [-0.4, -0.2) is 18.3 Å². The third kappa shape index (κ3) is 3.03. The van der Waals surface area contributed by atoms with E-state index in [9.17, 15) is 0 Å². The minimum absolute atomic E-state index is 0.541. The van der Waals surface area contributed by atoms with E-state index in [1.165, 1.54) is 10.5 Å². The first-order chi connectivity index (χ1) is 6.65. The minimum Gasteiger partial charge on any atom is -0.316 e. The molecule has 0 aromatic heterocycles. The molecule has 14 heavy (non-hydrogen) atoms. The monoisotopic (exact) mass is 209 g/mol. The van der Waals surface area contributed by atoms with Gasteiger partial charge in [-0.2, -0.15) is 0 Å². The van der Waals surface area contributed by atoms with Crippen molar-refractivity contribution in [1.82, 2.24) is 5.32 Å². The summed E-state index contributed by atoms with van der Waals surface area (Å²) in [6.45, 7) is 6.65. The van der Waals surface area contributed by atoms with Crippen molar-refractivity contribution in [3.8, 4) is 0 Å². The molecule has 0 spiro atoms. The van der Waals surface area contributed by atoms with E-state index in [0.29, 0.717) is 11.3 Å². The molecule has 0 bridgehead atoms. The molecule has 0 saturated heterocycles. The fourth-order valence-electron chi connectivity index (χ4n) is 1.23. The Hall–Kier alpha value is -0.470. The van der Waals surface area contributed by atoms with Crippen molar-refractivity contribution in [2.24, 2.45) is 0 Å². The molecule has 2 heteroatoms. The molecule has 1 N–H and O–H groups in total. The predicted octanol–water partition coefficient (Wildman–Crippen LogP) is 3.08. The van der Waals surface area contributed by atoms with Crippen LogP contribution in [0.2, 0.25) is 0 Å². The SMILES string of the molecule is CNC(C)C(C)Sc1ccccc1C. The van der Waals surface area contributed by atoms with Gasteiger partial charge in [0.25, 0.3) is 0 Å². The number of hydrogen-bond acceptors (Lipinski definition) is 2. The second kappa shape index (κ2) is 5.42. The highest BCUT2D eigenvalue weighted by Gasteiger charge is 2.11. The van der Waals surface area contributed by atoms with Gasteiger partial charge < -0.3 is 5.32 Å². The molecule has 2 atom stereocenters. The lowest BCUT2D eigenvalue weighted by molar-refractivity contribution is 0.605. The number of benzene rings is 1. The number of aryl methyl sites for hydroxylation is 1. The van der Waals surface area contributed by atoms with E-state index in [4.69, 9.17) is 0 Å². The van der Waals surface area contributed by atoms with Gasteiger partial charge in [0.2, 0.25) is 0 Å². The van der Waals surface area contributed by atoms with Crippen LogP contribution in [0.15, 0.2) is 29.2 Å². The van der Waals surface area contributed by atoms with Crippen LogP contribution in [0, 0.1) is 6.92 Å². The maximum Gasteiger partial charge on any atom is 0.0217 e. The van der Waals surface area contributed by atoms with Gasteiger partial charge in [-0.15, -0.1) is 11.8 Å². The first-order valence-electron chi connectivity index (χ1n) is 5.04. The Morgan fingerprint density at radius 3 is 2.43 bits per heavy atom. The van der Waals surface area contributed by atoms with Gasteiger partial charge in [0.05, 0.1) is 0 Å². The molecule has 0 radical (unpaired) electrons. The summed E-state index contributed by atoms with van der Waals surface area (Å²) in [7, 11) is 2.01. The average molecular weight is 209 g/mol. The molecule has 0 aliphatic carbocycles. The van der Waals surface area contributed by atoms with Crippen LogP contribution in [0.3, 0.4) is 0 Å². The van der Waals surface area contributed by atoms with Gasteiger partial charge in [-0.05, 0) is 32.5 Å². The molecule has 1 aromatic rings. The highest BCUT2D eigenvalue weighted by molar-refractivity contribution is 8.00. The molecule has 78 valence electrons. The summed E-state index contributed by atoms with van der Waals surface area (Å²) >= 11 is 1.94. The Balaban J connectivity index is 2.64. The molecule has 0 aliphatic heterocycles. The summed E-state index contributed by atoms with van der Waals surface area (Å²) in [4.78, 5) is 1.39. The van der Waals surface area contributed by atoms with Gasteiger partial charge in [-0.25, -0.2) is 0 Å². The van der Waals surface area contributed by atoms with Crippen molar-refractivity contribution in [2.75, 3.05) is 7.05 Å². The van der Waals surface area contributed by atoms with Crippen LogP contribution in [0.1, 0.15) is 19.4 Å². The number of hydrogen-bond donors (Lipinski definition) is 1. The van der Waals surface area contributed by atoms with E-state index in [0.717, 1.165) is 0 Å². The van der Waals surface area contributed by atoms with Gasteiger partial charge in [-0.1, -0.05) is 25.1 Å². The average Bonchev–Trinajstić information content (AvgIpc) is 2.20. The second-order valence-electron chi connectivity index (χ2n) is 3.67. The van der Waals surface area contributed by atoms with E-state index < -0.39 is 0 Å². The highest BCUT2D eigenvalue weighted by Crippen LogP contribution is 2.27. The van der Waals surface area contributed by atoms with Crippen LogP contribution in [-0.2, 0) is 0 Å². The number of thioether (sulfide) groups is 1. The molecule has 0 fully saturated rings. The largest absolute Gasteiger partial charge is 0.316 e. The molecule has 0 aliphatic rings. The topological polar surface area (TPSA) is 12.0 Å². The van der Waals surface area contributed by atoms with E-state index in [1.54, 1.807) is 0 Å². The van der Waals surface area contributed by atoms with Gasteiger partial charge >= 0.3 is 0 Å². The molecule has 0 heterocycles. The lowest BCUT2D eigenvalue weighted by Gasteiger charge is -2.19. The molecular formula is C12H19NS. The predicted molar refractivity (Wildman–Crippen MR) is 65.0 cm³/mol. The summed E-state index contributed by atoms with van der Waals surface area (Å²) in [5.74, 6) is 0. The van der Waals surface area contributed by atoms with Gasteiger partial charge in [0.15, 0.2) is 0 Å². The molecule has 0 saturated carbocycles. The maximum atomic E-state index is 3.28. The Morgan fingerprint density at radius 1 is 1.21 bits per heavy atom. The van der Waals surface area contributed by atoms with Gasteiger partial charge in [0, 0.05) is 16.2 Å². The van der Waals surface area contributed by atoms with Crippen LogP contribution < -0.4 is 5.32 Å². The standard InChI is InChI=1S/C12H19NS/c1-9-7-5-6-8-12(9)14-11(3)10(2)13-4/h5-8,10-11,13H,1-4H3. The van der Waals surface area contributed by atoms with Crippen molar-refractivity contribution in [3.05, 3.63) is 29.8 Å². The van der Waals surface area contributed by atoms with Gasteiger partial charge in [-0.3, -0.25) is 0 Å². The lowest BCUT2D eigenvalue weighted by Crippen LogP contribution is -2.30. The molecule has 1 aromatic carbocycles. The molecule has 1 nitrogen and oxygen atoms in total. The fraction of sp³-hybridized carbons (Fsp3) is 0.500. The fourth-order valence-corrected chi connectivity index (χ4v) is 2.38. The van der Waals surface area contributed by atoms with Crippen LogP contribution in [0.5, 0.6) is 0 Å². The number of nitrogens with one attached hydrogen (secondary N) is 1. The van der Waals surface area contributed by atoms with Crippen LogP contribution in [0.4, 0.5) is 0 Å². The summed E-state index contributed by atoms with van der Waals surface area (Å²) in [6.07, 6.45) is 0. The second-order valence-corrected chi connectivity index (χ2v) is 5.08. The Labute approximate surface area is 91.3 Å². The maximum absolute atomic E-state index is 3.28. The quantitative estimate of drug-likeness (QED) is 0.765. The first-order valence-corrected chi connectivity index (χ1v) is 5.92. The van der Waals surface area contributed by atoms with Gasteiger partial charge in [0.1, 0.15) is 0 Å². The van der Waals surface area contributed by atoms with E-state index in [1.807, 2.05) is 18.8 Å². The van der Waals surface area contributed by atoms with Crippen molar-refractivity contribution in [3.63, 3.8) is 0 Å². The van der Waals surface area contributed by atoms with Crippen molar-refractivity contribution in [2.45, 2.75) is 37.0 Å².